The molecule has 1 heterocycles. The van der Waals surface area contributed by atoms with Crippen molar-refractivity contribution in [3.63, 3.8) is 0 Å². The number of carbonyl (C=O) groups is 2. The summed E-state index contributed by atoms with van der Waals surface area (Å²) in [6.45, 7) is 6.67. The molecule has 0 saturated heterocycles. The zero-order chi connectivity index (χ0) is 24.1. The molecule has 4 rings (SSSR count). The Bertz CT molecular complexity index is 1320. The van der Waals surface area contributed by atoms with E-state index in [0.717, 1.165) is 45.7 Å². The fraction of sp³-hybridized carbons (Fsp3) is 0.250. The van der Waals surface area contributed by atoms with Crippen molar-refractivity contribution >= 4 is 28.5 Å². The number of carbonyl (C=O) groups excluding carboxylic acids is 2. The van der Waals surface area contributed by atoms with Crippen LogP contribution in [0.15, 0.2) is 66.7 Å². The number of nitrogens with zero attached hydrogens (tertiary/aromatic N) is 2. The van der Waals surface area contributed by atoms with Gasteiger partial charge in [0.25, 0.3) is 5.91 Å². The molecule has 6 nitrogen and oxygen atoms in total. The van der Waals surface area contributed by atoms with Crippen molar-refractivity contribution in [2.24, 2.45) is 0 Å². The summed E-state index contributed by atoms with van der Waals surface area (Å²) in [5.41, 5.74) is 6.44. The highest BCUT2D eigenvalue weighted by Crippen LogP contribution is 2.21. The average Bonchev–Trinajstić information content (AvgIpc) is 3.16. The first kappa shape index (κ1) is 23.2. The van der Waals surface area contributed by atoms with Crippen LogP contribution in [0.2, 0.25) is 0 Å². The summed E-state index contributed by atoms with van der Waals surface area (Å²) in [4.78, 5) is 30.1. The quantitative estimate of drug-likeness (QED) is 0.369. The standard InChI is InChI=1S/C28H30N4O2/c1-19-9-6-12-22(17-19)28(34)29-16-8-15-25-30-23-13-4-5-14-24(23)32(25)18-26(33)31-27-20(2)10-7-11-21(27)3/h4-7,9-14,17H,8,15-16,18H2,1-3H3,(H,29,34)(H,31,33). The van der Waals surface area contributed by atoms with Crippen LogP contribution in [0.25, 0.3) is 11.0 Å². The Hall–Kier alpha value is -3.93. The topological polar surface area (TPSA) is 76.0 Å². The van der Waals surface area contributed by atoms with E-state index in [-0.39, 0.29) is 18.4 Å². The molecule has 0 aliphatic rings. The van der Waals surface area contributed by atoms with Gasteiger partial charge in [0.2, 0.25) is 5.91 Å². The van der Waals surface area contributed by atoms with E-state index in [2.05, 4.69) is 10.6 Å². The number of benzene rings is 3. The lowest BCUT2D eigenvalue weighted by molar-refractivity contribution is -0.116. The second kappa shape index (κ2) is 10.3. The summed E-state index contributed by atoms with van der Waals surface area (Å²) < 4.78 is 1.97. The Morgan fingerprint density at radius 3 is 2.41 bits per heavy atom. The molecule has 0 unspecified atom stereocenters. The monoisotopic (exact) mass is 454 g/mol. The molecule has 0 aliphatic heterocycles. The van der Waals surface area contributed by atoms with Gasteiger partial charge in [-0.05, 0) is 62.6 Å². The van der Waals surface area contributed by atoms with Gasteiger partial charge in [0.15, 0.2) is 0 Å². The lowest BCUT2D eigenvalue weighted by Gasteiger charge is -2.13. The Balaban J connectivity index is 1.44. The molecule has 1 aromatic heterocycles. The molecule has 2 amide bonds. The molecular weight excluding hydrogens is 424 g/mol. The smallest absolute Gasteiger partial charge is 0.251 e. The summed E-state index contributed by atoms with van der Waals surface area (Å²) in [7, 11) is 0. The molecule has 0 aliphatic carbocycles. The van der Waals surface area contributed by atoms with Crippen molar-refractivity contribution in [1.29, 1.82) is 0 Å². The zero-order valence-electron chi connectivity index (χ0n) is 19.9. The van der Waals surface area contributed by atoms with Crippen LogP contribution in [0, 0.1) is 20.8 Å². The van der Waals surface area contributed by atoms with E-state index >= 15 is 0 Å². The van der Waals surface area contributed by atoms with Crippen LogP contribution < -0.4 is 10.6 Å². The zero-order valence-corrected chi connectivity index (χ0v) is 19.9. The van der Waals surface area contributed by atoms with Crippen molar-refractivity contribution < 1.29 is 9.59 Å². The van der Waals surface area contributed by atoms with Gasteiger partial charge in [-0.2, -0.15) is 0 Å². The van der Waals surface area contributed by atoms with Crippen LogP contribution >= 0.6 is 0 Å². The number of nitrogens with one attached hydrogen (secondary N) is 2. The highest BCUT2D eigenvalue weighted by Gasteiger charge is 2.15. The number of para-hydroxylation sites is 3. The Labute approximate surface area is 200 Å². The number of fused-ring (bicyclic) bond motifs is 1. The Morgan fingerprint density at radius 1 is 0.912 bits per heavy atom. The van der Waals surface area contributed by atoms with E-state index in [9.17, 15) is 9.59 Å². The molecule has 6 heteroatoms. The number of aromatic nitrogens is 2. The number of hydrogen-bond donors (Lipinski definition) is 2. The van der Waals surface area contributed by atoms with E-state index in [0.29, 0.717) is 18.5 Å². The van der Waals surface area contributed by atoms with E-state index in [1.54, 1.807) is 0 Å². The van der Waals surface area contributed by atoms with Gasteiger partial charge in [0.1, 0.15) is 12.4 Å². The number of hydrogen-bond acceptors (Lipinski definition) is 3. The third-order valence-electron chi connectivity index (χ3n) is 5.92. The highest BCUT2D eigenvalue weighted by atomic mass is 16.2. The minimum Gasteiger partial charge on any atom is -0.352 e. The lowest BCUT2D eigenvalue weighted by Crippen LogP contribution is -2.25. The lowest BCUT2D eigenvalue weighted by atomic mass is 10.1. The minimum atomic E-state index is -0.0884. The van der Waals surface area contributed by atoms with Crippen LogP contribution in [-0.2, 0) is 17.8 Å². The fourth-order valence-corrected chi connectivity index (χ4v) is 4.16. The third kappa shape index (κ3) is 5.34. The van der Waals surface area contributed by atoms with Crippen LogP contribution in [0.1, 0.15) is 39.3 Å². The van der Waals surface area contributed by atoms with E-state index in [1.807, 2.05) is 92.1 Å². The molecule has 34 heavy (non-hydrogen) atoms. The summed E-state index contributed by atoms with van der Waals surface area (Å²) in [5.74, 6) is 0.669. The molecule has 0 fully saturated rings. The van der Waals surface area contributed by atoms with E-state index in [1.165, 1.54) is 0 Å². The van der Waals surface area contributed by atoms with Gasteiger partial charge in [-0.15, -0.1) is 0 Å². The van der Waals surface area contributed by atoms with Crippen molar-refractivity contribution in [2.45, 2.75) is 40.2 Å². The third-order valence-corrected chi connectivity index (χ3v) is 5.92. The molecule has 0 atom stereocenters. The normalized spacial score (nSPS) is 10.9. The van der Waals surface area contributed by atoms with Crippen molar-refractivity contribution in [3.8, 4) is 0 Å². The van der Waals surface area contributed by atoms with Gasteiger partial charge in [-0.25, -0.2) is 4.98 Å². The fourth-order valence-electron chi connectivity index (χ4n) is 4.16. The average molecular weight is 455 g/mol. The molecule has 2 N–H and O–H groups in total. The maximum Gasteiger partial charge on any atom is 0.251 e. The minimum absolute atomic E-state index is 0.0785. The predicted octanol–water partition coefficient (Wildman–Crippen LogP) is 4.96. The number of imidazole rings is 1. The molecule has 0 radical (unpaired) electrons. The predicted molar refractivity (Wildman–Crippen MR) is 136 cm³/mol. The SMILES string of the molecule is Cc1cccc(C(=O)NCCCc2nc3ccccc3n2CC(=O)Nc2c(C)cccc2C)c1. The van der Waals surface area contributed by atoms with E-state index < -0.39 is 0 Å². The molecule has 174 valence electrons. The number of amides is 2. The van der Waals surface area contributed by atoms with Gasteiger partial charge in [-0.1, -0.05) is 48.0 Å². The number of anilines is 1. The van der Waals surface area contributed by atoms with Crippen LogP contribution in [-0.4, -0.2) is 27.9 Å². The van der Waals surface area contributed by atoms with Crippen molar-refractivity contribution in [2.75, 3.05) is 11.9 Å². The summed E-state index contributed by atoms with van der Waals surface area (Å²) in [6, 6.07) is 21.4. The maximum absolute atomic E-state index is 13.0. The Morgan fingerprint density at radius 2 is 1.65 bits per heavy atom. The molecule has 0 spiro atoms. The summed E-state index contributed by atoms with van der Waals surface area (Å²) in [5, 5.41) is 6.05. The molecule has 3 aromatic carbocycles. The molecule has 0 saturated carbocycles. The first-order valence-electron chi connectivity index (χ1n) is 11.6. The Kier molecular flexibility index (Phi) is 7.07. The van der Waals surface area contributed by atoms with Gasteiger partial charge in [-0.3, -0.25) is 9.59 Å². The van der Waals surface area contributed by atoms with Gasteiger partial charge in [0, 0.05) is 24.2 Å². The van der Waals surface area contributed by atoms with E-state index in [4.69, 9.17) is 4.98 Å². The van der Waals surface area contributed by atoms with Crippen molar-refractivity contribution in [3.05, 3.63) is 94.8 Å². The van der Waals surface area contributed by atoms with Gasteiger partial charge >= 0.3 is 0 Å². The highest BCUT2D eigenvalue weighted by molar-refractivity contribution is 5.94. The first-order valence-corrected chi connectivity index (χ1v) is 11.6. The van der Waals surface area contributed by atoms with Crippen LogP contribution in [0.4, 0.5) is 5.69 Å². The van der Waals surface area contributed by atoms with Gasteiger partial charge in [0.05, 0.1) is 11.0 Å². The number of aryl methyl sites for hydroxylation is 4. The second-order valence-corrected chi connectivity index (χ2v) is 8.65. The molecular formula is C28H30N4O2. The second-order valence-electron chi connectivity index (χ2n) is 8.65. The maximum atomic E-state index is 13.0. The summed E-state index contributed by atoms with van der Waals surface area (Å²) in [6.07, 6.45) is 1.37. The molecule has 4 aromatic rings. The summed E-state index contributed by atoms with van der Waals surface area (Å²) >= 11 is 0. The molecule has 0 bridgehead atoms. The van der Waals surface area contributed by atoms with Gasteiger partial charge < -0.3 is 15.2 Å². The first-order chi connectivity index (χ1) is 16.4. The largest absolute Gasteiger partial charge is 0.352 e. The number of rotatable bonds is 8. The van der Waals surface area contributed by atoms with Crippen molar-refractivity contribution in [1.82, 2.24) is 14.9 Å². The van der Waals surface area contributed by atoms with Crippen LogP contribution in [0.3, 0.4) is 0 Å². The van der Waals surface area contributed by atoms with Crippen LogP contribution in [0.5, 0.6) is 0 Å².